The monoisotopic (exact) mass is 300 g/mol. The van der Waals surface area contributed by atoms with E-state index in [1.54, 1.807) is 12.1 Å². The van der Waals surface area contributed by atoms with E-state index < -0.39 is 0 Å². The van der Waals surface area contributed by atoms with Crippen LogP contribution in [0.1, 0.15) is 47.6 Å². The Morgan fingerprint density at radius 2 is 2.19 bits per heavy atom. The summed E-state index contributed by atoms with van der Waals surface area (Å²) in [5.41, 5.74) is 3.85. The topological polar surface area (TPSA) is 49.0 Å². The number of nitrogens with zero attached hydrogens (tertiary/aromatic N) is 2. The van der Waals surface area contributed by atoms with Gasteiger partial charge in [-0.05, 0) is 42.5 Å². The molecule has 2 aromatic rings. The lowest BCUT2D eigenvalue weighted by atomic mass is 10.1. The number of fused-ring (bicyclic) bond motifs is 1. The van der Waals surface area contributed by atoms with Crippen LogP contribution in [0.4, 0.5) is 0 Å². The van der Waals surface area contributed by atoms with Crippen LogP contribution >= 0.6 is 11.6 Å². The molecular formula is C17H17ClN2O. The summed E-state index contributed by atoms with van der Waals surface area (Å²) in [7, 11) is 0. The zero-order valence-corrected chi connectivity index (χ0v) is 12.5. The number of hydrogen-bond donors (Lipinski definition) is 1. The van der Waals surface area contributed by atoms with Gasteiger partial charge in [0.25, 0.3) is 0 Å². The summed E-state index contributed by atoms with van der Waals surface area (Å²) in [6.45, 7) is 0.657. The van der Waals surface area contributed by atoms with Crippen LogP contribution in [-0.4, -0.2) is 9.67 Å². The third kappa shape index (κ3) is 2.97. The maximum atomic E-state index is 10.2. The van der Waals surface area contributed by atoms with Crippen LogP contribution in [0.25, 0.3) is 0 Å². The molecule has 21 heavy (non-hydrogen) atoms. The Kier molecular flexibility index (Phi) is 4.01. The average molecular weight is 301 g/mol. The number of aryl methyl sites for hydroxylation is 1. The van der Waals surface area contributed by atoms with Gasteiger partial charge in [0.05, 0.1) is 17.7 Å². The van der Waals surface area contributed by atoms with Crippen molar-refractivity contribution >= 4 is 11.6 Å². The zero-order valence-electron chi connectivity index (χ0n) is 11.7. The maximum absolute atomic E-state index is 10.2. The molecule has 1 aromatic heterocycles. The molecular weight excluding hydrogens is 284 g/mol. The van der Waals surface area contributed by atoms with Crippen molar-refractivity contribution in [3.63, 3.8) is 0 Å². The molecule has 1 unspecified atom stereocenters. The van der Waals surface area contributed by atoms with Crippen LogP contribution in [0.5, 0.6) is 0 Å². The molecule has 1 aromatic carbocycles. The molecule has 0 saturated heterocycles. The van der Waals surface area contributed by atoms with Gasteiger partial charge in [0.2, 0.25) is 0 Å². The molecule has 4 heteroatoms. The van der Waals surface area contributed by atoms with Gasteiger partial charge in [-0.3, -0.25) is 0 Å². The molecule has 0 fully saturated rings. The Hall–Kier alpha value is -1.76. The lowest BCUT2D eigenvalue weighted by Gasteiger charge is -2.08. The van der Waals surface area contributed by atoms with Crippen LogP contribution in [0.3, 0.4) is 0 Å². The second kappa shape index (κ2) is 5.93. The molecule has 1 aliphatic rings. The predicted octanol–water partition coefficient (Wildman–Crippen LogP) is 3.82. The van der Waals surface area contributed by atoms with Gasteiger partial charge in [0, 0.05) is 29.5 Å². The molecule has 0 spiro atoms. The first-order valence-electron chi connectivity index (χ1n) is 7.22. The second-order valence-electron chi connectivity index (χ2n) is 5.59. The van der Waals surface area contributed by atoms with Crippen molar-refractivity contribution in [1.82, 2.24) is 4.57 Å². The van der Waals surface area contributed by atoms with Crippen molar-refractivity contribution < 1.29 is 5.11 Å². The summed E-state index contributed by atoms with van der Waals surface area (Å²) in [5, 5.41) is 19.6. The summed E-state index contributed by atoms with van der Waals surface area (Å²) in [5.74, 6) is 0. The van der Waals surface area contributed by atoms with Crippen molar-refractivity contribution in [3.05, 3.63) is 57.9 Å². The molecule has 1 heterocycles. The Labute approximate surface area is 129 Å². The van der Waals surface area contributed by atoms with Crippen molar-refractivity contribution in [2.75, 3.05) is 0 Å². The number of aliphatic hydroxyl groups is 1. The van der Waals surface area contributed by atoms with E-state index >= 15 is 0 Å². The first kappa shape index (κ1) is 14.2. The van der Waals surface area contributed by atoms with Gasteiger partial charge in [-0.15, -0.1) is 0 Å². The van der Waals surface area contributed by atoms with Gasteiger partial charge in [-0.25, -0.2) is 0 Å². The number of nitriles is 1. The van der Waals surface area contributed by atoms with Crippen LogP contribution < -0.4 is 0 Å². The minimum atomic E-state index is -0.347. The highest BCUT2D eigenvalue weighted by atomic mass is 35.5. The van der Waals surface area contributed by atoms with Gasteiger partial charge in [-0.2, -0.15) is 5.26 Å². The minimum Gasteiger partial charge on any atom is -0.388 e. The van der Waals surface area contributed by atoms with Gasteiger partial charge in [0.15, 0.2) is 0 Å². The van der Waals surface area contributed by atoms with Crippen molar-refractivity contribution in [2.24, 2.45) is 0 Å². The van der Waals surface area contributed by atoms with Crippen molar-refractivity contribution in [1.29, 1.82) is 5.26 Å². The number of benzene rings is 1. The van der Waals surface area contributed by atoms with E-state index in [1.807, 2.05) is 12.3 Å². The Balaban J connectivity index is 1.86. The van der Waals surface area contributed by atoms with E-state index in [-0.39, 0.29) is 6.10 Å². The van der Waals surface area contributed by atoms with Gasteiger partial charge >= 0.3 is 0 Å². The summed E-state index contributed by atoms with van der Waals surface area (Å²) in [6, 6.07) is 7.46. The third-order valence-corrected chi connectivity index (χ3v) is 4.42. The average Bonchev–Trinajstić information content (AvgIpc) is 2.81. The molecule has 1 atom stereocenters. The zero-order chi connectivity index (χ0) is 14.8. The first-order valence-corrected chi connectivity index (χ1v) is 7.60. The van der Waals surface area contributed by atoms with E-state index in [0.29, 0.717) is 17.1 Å². The Morgan fingerprint density at radius 1 is 1.33 bits per heavy atom. The van der Waals surface area contributed by atoms with E-state index in [4.69, 9.17) is 16.9 Å². The van der Waals surface area contributed by atoms with Gasteiger partial charge in [0.1, 0.15) is 0 Å². The standard InChI is InChI=1S/C17H17ClN2O/c18-16-7-12(8-19)5-6-14(16)10-20-9-13-3-1-2-4-17(21)15(13)11-20/h5-7,9,11,17,21H,1-4,10H2. The predicted molar refractivity (Wildman–Crippen MR) is 82.2 cm³/mol. The highest BCUT2D eigenvalue weighted by molar-refractivity contribution is 6.31. The quantitative estimate of drug-likeness (QED) is 0.857. The van der Waals surface area contributed by atoms with Crippen LogP contribution in [0.15, 0.2) is 30.6 Å². The molecule has 0 aliphatic heterocycles. The lowest BCUT2D eigenvalue weighted by molar-refractivity contribution is 0.166. The molecule has 0 saturated carbocycles. The van der Waals surface area contributed by atoms with Crippen molar-refractivity contribution in [3.8, 4) is 6.07 Å². The molecule has 0 bridgehead atoms. The van der Waals surface area contributed by atoms with E-state index in [2.05, 4.69) is 16.8 Å². The van der Waals surface area contributed by atoms with Crippen LogP contribution in [0, 0.1) is 11.3 Å². The fourth-order valence-corrected chi connectivity index (χ4v) is 3.16. The molecule has 0 amide bonds. The molecule has 3 nitrogen and oxygen atoms in total. The van der Waals surface area contributed by atoms with Crippen molar-refractivity contribution in [2.45, 2.75) is 38.3 Å². The highest BCUT2D eigenvalue weighted by Crippen LogP contribution is 2.30. The molecule has 1 N–H and O–H groups in total. The summed E-state index contributed by atoms with van der Waals surface area (Å²) in [4.78, 5) is 0. The Bertz CT molecular complexity index is 699. The summed E-state index contributed by atoms with van der Waals surface area (Å²) < 4.78 is 2.08. The first-order chi connectivity index (χ1) is 10.2. The van der Waals surface area contributed by atoms with Gasteiger partial charge < -0.3 is 9.67 Å². The molecule has 0 radical (unpaired) electrons. The molecule has 108 valence electrons. The van der Waals surface area contributed by atoms with Crippen LogP contribution in [0.2, 0.25) is 5.02 Å². The third-order valence-electron chi connectivity index (χ3n) is 4.07. The number of rotatable bonds is 2. The normalized spacial score (nSPS) is 17.9. The minimum absolute atomic E-state index is 0.347. The number of aliphatic hydroxyl groups excluding tert-OH is 1. The largest absolute Gasteiger partial charge is 0.388 e. The smallest absolute Gasteiger partial charge is 0.0992 e. The highest BCUT2D eigenvalue weighted by Gasteiger charge is 2.18. The van der Waals surface area contributed by atoms with Gasteiger partial charge in [-0.1, -0.05) is 24.1 Å². The summed E-state index contributed by atoms with van der Waals surface area (Å²) >= 11 is 6.23. The fraction of sp³-hybridized carbons (Fsp3) is 0.353. The lowest BCUT2D eigenvalue weighted by Crippen LogP contribution is -1.99. The van der Waals surface area contributed by atoms with Crippen LogP contribution in [-0.2, 0) is 13.0 Å². The van der Waals surface area contributed by atoms with E-state index in [9.17, 15) is 5.11 Å². The number of aromatic nitrogens is 1. The second-order valence-corrected chi connectivity index (χ2v) is 6.00. The Morgan fingerprint density at radius 3 is 2.95 bits per heavy atom. The van der Waals surface area contributed by atoms with E-state index in [0.717, 1.165) is 36.8 Å². The SMILES string of the molecule is N#Cc1ccc(Cn2cc3c(c2)C(O)CCCC3)c(Cl)c1. The summed E-state index contributed by atoms with van der Waals surface area (Å²) in [6.07, 6.45) is 7.87. The number of halogens is 1. The molecule has 1 aliphatic carbocycles. The number of hydrogen-bond acceptors (Lipinski definition) is 2. The fourth-order valence-electron chi connectivity index (χ4n) is 2.92. The molecule has 3 rings (SSSR count). The van der Waals surface area contributed by atoms with E-state index in [1.165, 1.54) is 5.56 Å². The maximum Gasteiger partial charge on any atom is 0.0992 e.